The highest BCUT2D eigenvalue weighted by atomic mass is 32.2. The smallest absolute Gasteiger partial charge is 0.198 e. The summed E-state index contributed by atoms with van der Waals surface area (Å²) in [6.07, 6.45) is 4.14. The van der Waals surface area contributed by atoms with Crippen molar-refractivity contribution in [2.75, 3.05) is 19.3 Å². The number of oxazole rings is 1. The van der Waals surface area contributed by atoms with E-state index in [4.69, 9.17) is 16.6 Å². The highest BCUT2D eigenvalue weighted by molar-refractivity contribution is 8.00. The van der Waals surface area contributed by atoms with Gasteiger partial charge in [-0.25, -0.2) is 9.67 Å². The minimum absolute atomic E-state index is 0.402. The summed E-state index contributed by atoms with van der Waals surface area (Å²) in [4.78, 5) is 7.06. The van der Waals surface area contributed by atoms with Crippen molar-refractivity contribution >= 4 is 46.4 Å². The van der Waals surface area contributed by atoms with Crippen molar-refractivity contribution in [3.8, 4) is 0 Å². The van der Waals surface area contributed by atoms with Crippen molar-refractivity contribution in [3.63, 3.8) is 0 Å². The molecule has 0 radical (unpaired) electrons. The lowest BCUT2D eigenvalue weighted by molar-refractivity contribution is 0.153. The molecule has 126 valence electrons. The molecule has 5 nitrogen and oxygen atoms in total. The molecule has 0 N–H and O–H groups in total. The average molecular weight is 379 g/mol. The zero-order valence-electron chi connectivity index (χ0n) is 13.3. The first-order chi connectivity index (χ1) is 11.7. The highest BCUT2D eigenvalue weighted by Crippen LogP contribution is 2.30. The summed E-state index contributed by atoms with van der Waals surface area (Å²) in [7, 11) is 0. The maximum atomic E-state index is 5.93. The van der Waals surface area contributed by atoms with Crippen LogP contribution in [0.1, 0.15) is 24.7 Å². The van der Waals surface area contributed by atoms with Gasteiger partial charge in [-0.15, -0.1) is 0 Å². The fraction of sp³-hybridized carbons (Fsp3) is 0.438. The van der Waals surface area contributed by atoms with Crippen LogP contribution in [0.3, 0.4) is 0 Å². The minimum Gasteiger partial charge on any atom is -0.440 e. The van der Waals surface area contributed by atoms with Crippen LogP contribution in [0.4, 0.5) is 0 Å². The number of nitrogens with zero attached hydrogens (tertiary/aromatic N) is 4. The third kappa shape index (κ3) is 3.28. The van der Waals surface area contributed by atoms with Crippen LogP contribution in [0.15, 0.2) is 33.0 Å². The normalized spacial score (nSPS) is 16.9. The van der Waals surface area contributed by atoms with E-state index in [0.717, 1.165) is 57.9 Å². The number of hydrogen-bond donors (Lipinski definition) is 0. The topological polar surface area (TPSA) is 47.1 Å². The molecule has 0 unspecified atom stereocenters. The maximum absolute atomic E-state index is 5.93. The first-order valence-corrected chi connectivity index (χ1v) is 10.4. The van der Waals surface area contributed by atoms with Crippen LogP contribution in [0.2, 0.25) is 0 Å². The summed E-state index contributed by atoms with van der Waals surface area (Å²) >= 11 is 8.63. The summed E-state index contributed by atoms with van der Waals surface area (Å²) in [5.74, 6) is 1.28. The van der Waals surface area contributed by atoms with Gasteiger partial charge >= 0.3 is 0 Å². The molecule has 1 fully saturated rings. The molecule has 3 aromatic rings. The molecule has 2 aromatic heterocycles. The second kappa shape index (κ2) is 6.95. The van der Waals surface area contributed by atoms with Gasteiger partial charge in [-0.2, -0.15) is 5.10 Å². The number of fused-ring (bicyclic) bond motifs is 1. The van der Waals surface area contributed by atoms with Gasteiger partial charge in [-0.05, 0) is 43.4 Å². The molecule has 1 aliphatic heterocycles. The molecule has 0 bridgehead atoms. The Kier molecular flexibility index (Phi) is 4.71. The predicted octanol–water partition coefficient (Wildman–Crippen LogP) is 4.37. The Hall–Kier alpha value is -1.22. The Morgan fingerprint density at radius 2 is 2.12 bits per heavy atom. The molecule has 1 aliphatic rings. The third-order valence-corrected chi connectivity index (χ3v) is 6.63. The number of thioether (sulfide) groups is 1. The van der Waals surface area contributed by atoms with E-state index in [9.17, 15) is 0 Å². The molecule has 0 saturated carbocycles. The van der Waals surface area contributed by atoms with Crippen molar-refractivity contribution < 1.29 is 4.42 Å². The van der Waals surface area contributed by atoms with Crippen LogP contribution in [0, 0.1) is 3.95 Å². The number of benzene rings is 1. The van der Waals surface area contributed by atoms with E-state index in [1.165, 1.54) is 0 Å². The number of aromatic nitrogens is 3. The van der Waals surface area contributed by atoms with Crippen LogP contribution in [0.5, 0.6) is 0 Å². The molecule has 0 aliphatic carbocycles. The fourth-order valence-electron chi connectivity index (χ4n) is 3.03. The molecule has 8 heteroatoms. The van der Waals surface area contributed by atoms with Gasteiger partial charge in [0.1, 0.15) is 5.52 Å². The van der Waals surface area contributed by atoms with Crippen LogP contribution < -0.4 is 0 Å². The van der Waals surface area contributed by atoms with Crippen LogP contribution in [0.25, 0.3) is 11.1 Å². The summed E-state index contributed by atoms with van der Waals surface area (Å²) in [6.45, 7) is 2.80. The SMILES string of the molecule is CSc1nn(CN2CCC(c3nc4ccccc4o3)CC2)c(=S)s1. The summed E-state index contributed by atoms with van der Waals surface area (Å²) in [6, 6.07) is 7.97. The molecule has 0 spiro atoms. The number of hydrogen-bond acceptors (Lipinski definition) is 7. The number of likely N-dealkylation sites (tertiary alicyclic amines) is 1. The summed E-state index contributed by atoms with van der Waals surface area (Å²) in [5.41, 5.74) is 1.83. The minimum atomic E-state index is 0.402. The van der Waals surface area contributed by atoms with Crippen LogP contribution in [-0.4, -0.2) is 39.0 Å². The van der Waals surface area contributed by atoms with E-state index in [0.29, 0.717) is 5.92 Å². The zero-order valence-corrected chi connectivity index (χ0v) is 15.8. The van der Waals surface area contributed by atoms with Crippen molar-refractivity contribution in [3.05, 3.63) is 34.1 Å². The molecular formula is C16H18N4OS3. The lowest BCUT2D eigenvalue weighted by Gasteiger charge is -2.30. The molecule has 1 saturated heterocycles. The standard InChI is InChI=1S/C16H18N4OS3/c1-23-15-18-20(16(22)24-15)10-19-8-6-11(7-9-19)14-17-12-4-2-3-5-13(12)21-14/h2-5,11H,6-10H2,1H3. The monoisotopic (exact) mass is 378 g/mol. The summed E-state index contributed by atoms with van der Waals surface area (Å²) in [5, 5.41) is 4.55. The van der Waals surface area contributed by atoms with Gasteiger partial charge in [-0.1, -0.05) is 35.2 Å². The molecule has 4 rings (SSSR count). The van der Waals surface area contributed by atoms with Crippen molar-refractivity contribution in [1.82, 2.24) is 19.7 Å². The van der Waals surface area contributed by atoms with E-state index in [-0.39, 0.29) is 0 Å². The van der Waals surface area contributed by atoms with Crippen molar-refractivity contribution in [2.45, 2.75) is 29.8 Å². The number of para-hydroxylation sites is 2. The Labute approximate surface area is 153 Å². The molecule has 24 heavy (non-hydrogen) atoms. The van der Waals surface area contributed by atoms with Crippen molar-refractivity contribution in [2.24, 2.45) is 0 Å². The Bertz CT molecular complexity index is 859. The Morgan fingerprint density at radius 1 is 1.33 bits per heavy atom. The van der Waals surface area contributed by atoms with E-state index < -0.39 is 0 Å². The van der Waals surface area contributed by atoms with E-state index in [2.05, 4.69) is 15.0 Å². The molecule has 3 heterocycles. The third-order valence-electron chi connectivity index (χ3n) is 4.34. The van der Waals surface area contributed by atoms with E-state index in [1.807, 2.05) is 35.2 Å². The maximum Gasteiger partial charge on any atom is 0.198 e. The van der Waals surface area contributed by atoms with Gasteiger partial charge in [0.05, 0.1) is 6.67 Å². The lowest BCUT2D eigenvalue weighted by atomic mass is 9.97. The van der Waals surface area contributed by atoms with Gasteiger partial charge in [0.15, 0.2) is 19.8 Å². The van der Waals surface area contributed by atoms with E-state index >= 15 is 0 Å². The first-order valence-electron chi connectivity index (χ1n) is 7.92. The number of rotatable bonds is 4. The van der Waals surface area contributed by atoms with Gasteiger partial charge in [-0.3, -0.25) is 4.90 Å². The fourth-order valence-corrected chi connectivity index (χ4v) is 4.77. The molecular weight excluding hydrogens is 360 g/mol. The number of piperidine rings is 1. The lowest BCUT2D eigenvalue weighted by Crippen LogP contribution is -2.34. The molecule has 0 atom stereocenters. The largest absolute Gasteiger partial charge is 0.440 e. The highest BCUT2D eigenvalue weighted by Gasteiger charge is 2.25. The van der Waals surface area contributed by atoms with Crippen LogP contribution in [-0.2, 0) is 6.67 Å². The molecule has 1 aromatic carbocycles. The van der Waals surface area contributed by atoms with Gasteiger partial charge in [0, 0.05) is 19.0 Å². The first kappa shape index (κ1) is 16.3. The van der Waals surface area contributed by atoms with Gasteiger partial charge in [0.2, 0.25) is 0 Å². The van der Waals surface area contributed by atoms with E-state index in [1.54, 1.807) is 23.1 Å². The van der Waals surface area contributed by atoms with Gasteiger partial charge in [0.25, 0.3) is 0 Å². The van der Waals surface area contributed by atoms with Crippen molar-refractivity contribution in [1.29, 1.82) is 0 Å². The zero-order chi connectivity index (χ0) is 16.5. The van der Waals surface area contributed by atoms with Crippen LogP contribution >= 0.6 is 35.3 Å². The second-order valence-corrected chi connectivity index (χ2v) is 8.57. The molecule has 0 amide bonds. The quantitative estimate of drug-likeness (QED) is 0.496. The Balaban J connectivity index is 1.41. The average Bonchev–Trinajstić information content (AvgIpc) is 3.19. The van der Waals surface area contributed by atoms with Gasteiger partial charge < -0.3 is 4.42 Å². The Morgan fingerprint density at radius 3 is 2.83 bits per heavy atom. The predicted molar refractivity (Wildman–Crippen MR) is 100 cm³/mol. The summed E-state index contributed by atoms with van der Waals surface area (Å²) < 4.78 is 9.75. The second-order valence-electron chi connectivity index (χ2n) is 5.89.